The SMILES string of the molecule is C[C@H](C(=O)NCc1ccccc1)[C@H]1CC[C@H]2C3=CC[C@H]4C[C@@H](O)CC[C@]4(C)[C@H]3CC[C@]12C. The Morgan fingerprint density at radius 1 is 1.06 bits per heavy atom. The Hall–Kier alpha value is -1.61. The third kappa shape index (κ3) is 3.56. The Morgan fingerprint density at radius 2 is 1.78 bits per heavy atom. The van der Waals surface area contributed by atoms with Crippen LogP contribution in [0.15, 0.2) is 42.0 Å². The molecule has 3 saturated carbocycles. The fourth-order valence-corrected chi connectivity index (χ4v) is 8.48. The molecule has 1 aromatic rings. The molecule has 0 aromatic heterocycles. The molecule has 0 spiro atoms. The lowest BCUT2D eigenvalue weighted by molar-refractivity contribution is -0.128. The second-order valence-electron chi connectivity index (χ2n) is 11.9. The van der Waals surface area contributed by atoms with Crippen LogP contribution >= 0.6 is 0 Å². The van der Waals surface area contributed by atoms with Gasteiger partial charge in [0.2, 0.25) is 5.91 Å². The van der Waals surface area contributed by atoms with E-state index in [1.165, 1.54) is 32.1 Å². The monoisotopic (exact) mass is 435 g/mol. The Kier molecular flexibility index (Phi) is 5.76. The summed E-state index contributed by atoms with van der Waals surface area (Å²) in [5, 5.41) is 13.5. The molecule has 32 heavy (non-hydrogen) atoms. The highest BCUT2D eigenvalue weighted by molar-refractivity contribution is 5.78. The van der Waals surface area contributed by atoms with E-state index < -0.39 is 0 Å². The maximum atomic E-state index is 13.1. The highest BCUT2D eigenvalue weighted by atomic mass is 16.3. The average Bonchev–Trinajstić information content (AvgIpc) is 3.15. The zero-order valence-electron chi connectivity index (χ0n) is 20.1. The van der Waals surface area contributed by atoms with Gasteiger partial charge < -0.3 is 10.4 Å². The van der Waals surface area contributed by atoms with Gasteiger partial charge in [-0.05, 0) is 91.4 Å². The molecular weight excluding hydrogens is 394 g/mol. The van der Waals surface area contributed by atoms with Crippen molar-refractivity contribution in [2.75, 3.05) is 0 Å². The quantitative estimate of drug-likeness (QED) is 0.580. The molecule has 5 rings (SSSR count). The Labute approximate surface area is 194 Å². The smallest absolute Gasteiger partial charge is 0.223 e. The van der Waals surface area contributed by atoms with Gasteiger partial charge in [-0.25, -0.2) is 0 Å². The van der Waals surface area contributed by atoms with Crippen molar-refractivity contribution in [1.29, 1.82) is 0 Å². The number of allylic oxidation sites excluding steroid dienone is 2. The normalized spacial score (nSPS) is 41.6. The van der Waals surface area contributed by atoms with Gasteiger partial charge >= 0.3 is 0 Å². The topological polar surface area (TPSA) is 49.3 Å². The van der Waals surface area contributed by atoms with Crippen molar-refractivity contribution >= 4 is 5.91 Å². The van der Waals surface area contributed by atoms with E-state index in [1.54, 1.807) is 5.57 Å². The zero-order valence-corrected chi connectivity index (χ0v) is 20.1. The fourth-order valence-electron chi connectivity index (χ4n) is 8.48. The molecule has 0 heterocycles. The molecule has 3 heteroatoms. The molecule has 4 aliphatic carbocycles. The van der Waals surface area contributed by atoms with Crippen molar-refractivity contribution in [3.8, 4) is 0 Å². The predicted molar refractivity (Wildman–Crippen MR) is 129 cm³/mol. The predicted octanol–water partition coefficient (Wildman–Crippen LogP) is 5.88. The molecule has 1 aromatic carbocycles. The number of nitrogens with one attached hydrogen (secondary N) is 1. The summed E-state index contributed by atoms with van der Waals surface area (Å²) in [4.78, 5) is 13.1. The third-order valence-corrected chi connectivity index (χ3v) is 10.5. The van der Waals surface area contributed by atoms with E-state index >= 15 is 0 Å². The maximum absolute atomic E-state index is 13.1. The highest BCUT2D eigenvalue weighted by Gasteiger charge is 2.58. The molecule has 4 aliphatic rings. The summed E-state index contributed by atoms with van der Waals surface area (Å²) in [5.74, 6) is 2.71. The van der Waals surface area contributed by atoms with E-state index in [1.807, 2.05) is 18.2 Å². The maximum Gasteiger partial charge on any atom is 0.223 e. The van der Waals surface area contributed by atoms with Gasteiger partial charge in [0.05, 0.1) is 6.10 Å². The average molecular weight is 436 g/mol. The lowest BCUT2D eigenvalue weighted by Crippen LogP contribution is -2.50. The number of fused-ring (bicyclic) bond motifs is 5. The van der Waals surface area contributed by atoms with Crippen LogP contribution in [0.5, 0.6) is 0 Å². The first kappa shape index (κ1) is 22.2. The van der Waals surface area contributed by atoms with Crippen LogP contribution in [0.2, 0.25) is 0 Å². The van der Waals surface area contributed by atoms with Crippen molar-refractivity contribution in [1.82, 2.24) is 5.32 Å². The number of carbonyl (C=O) groups excluding carboxylic acids is 1. The van der Waals surface area contributed by atoms with Crippen LogP contribution in [-0.4, -0.2) is 17.1 Å². The zero-order chi connectivity index (χ0) is 22.5. The standard InChI is InChI=1S/C29H41NO2/c1-19(27(32)30-18-20-7-5-4-6-8-20)24-11-12-25-23-10-9-21-17-22(31)13-15-28(21,2)26(23)14-16-29(24,25)3/h4-8,10,19,21-22,24-26,31H,9,11-18H2,1-3H3,(H,30,32)/t19-,21-,22-,24+,25-,26-,28-,29+/m0/s1. The minimum absolute atomic E-state index is 0.0580. The minimum Gasteiger partial charge on any atom is -0.393 e. The van der Waals surface area contributed by atoms with Gasteiger partial charge in [-0.3, -0.25) is 4.79 Å². The van der Waals surface area contributed by atoms with E-state index in [9.17, 15) is 9.90 Å². The summed E-state index contributed by atoms with van der Waals surface area (Å²) in [6.07, 6.45) is 11.7. The summed E-state index contributed by atoms with van der Waals surface area (Å²) < 4.78 is 0. The van der Waals surface area contributed by atoms with Crippen molar-refractivity contribution in [3.63, 3.8) is 0 Å². The van der Waals surface area contributed by atoms with Crippen LogP contribution in [0.25, 0.3) is 0 Å². The molecule has 0 saturated heterocycles. The van der Waals surface area contributed by atoms with Crippen LogP contribution in [-0.2, 0) is 11.3 Å². The summed E-state index contributed by atoms with van der Waals surface area (Å²) >= 11 is 0. The van der Waals surface area contributed by atoms with Gasteiger partial charge in [0, 0.05) is 12.5 Å². The summed E-state index contributed by atoms with van der Waals surface area (Å²) in [5.41, 5.74) is 3.50. The van der Waals surface area contributed by atoms with Crippen LogP contribution in [0.1, 0.15) is 77.7 Å². The number of carbonyl (C=O) groups is 1. The Balaban J connectivity index is 1.31. The molecular formula is C29H41NO2. The first-order valence-electron chi connectivity index (χ1n) is 13.0. The van der Waals surface area contributed by atoms with Crippen LogP contribution in [0, 0.1) is 40.4 Å². The Bertz CT molecular complexity index is 878. The van der Waals surface area contributed by atoms with E-state index in [0.29, 0.717) is 35.6 Å². The van der Waals surface area contributed by atoms with Crippen molar-refractivity contribution < 1.29 is 9.90 Å². The first-order valence-corrected chi connectivity index (χ1v) is 13.0. The molecule has 1 amide bonds. The molecule has 8 atom stereocenters. The van der Waals surface area contributed by atoms with Gasteiger partial charge in [-0.2, -0.15) is 0 Å². The molecule has 2 N–H and O–H groups in total. The van der Waals surface area contributed by atoms with E-state index in [-0.39, 0.29) is 23.3 Å². The van der Waals surface area contributed by atoms with E-state index in [0.717, 1.165) is 24.8 Å². The fraction of sp³-hybridized carbons (Fsp3) is 0.690. The number of rotatable bonds is 4. The second kappa shape index (κ2) is 8.31. The van der Waals surface area contributed by atoms with Gasteiger partial charge in [0.15, 0.2) is 0 Å². The lowest BCUT2D eigenvalue weighted by Gasteiger charge is -2.57. The largest absolute Gasteiger partial charge is 0.393 e. The molecule has 0 bridgehead atoms. The number of aliphatic hydroxyl groups excluding tert-OH is 1. The number of hydrogen-bond acceptors (Lipinski definition) is 2. The van der Waals surface area contributed by atoms with Crippen molar-refractivity contribution in [2.24, 2.45) is 40.4 Å². The second-order valence-corrected chi connectivity index (χ2v) is 11.9. The number of hydrogen-bond donors (Lipinski definition) is 2. The lowest BCUT2D eigenvalue weighted by atomic mass is 9.47. The molecule has 0 unspecified atom stereocenters. The Morgan fingerprint density at radius 3 is 2.56 bits per heavy atom. The van der Waals surface area contributed by atoms with Gasteiger partial charge in [0.1, 0.15) is 0 Å². The van der Waals surface area contributed by atoms with Crippen molar-refractivity contribution in [3.05, 3.63) is 47.5 Å². The molecule has 0 radical (unpaired) electrons. The van der Waals surface area contributed by atoms with Crippen LogP contribution < -0.4 is 5.32 Å². The molecule has 3 nitrogen and oxygen atoms in total. The van der Waals surface area contributed by atoms with Gasteiger partial charge in [0.25, 0.3) is 0 Å². The minimum atomic E-state index is -0.0945. The van der Waals surface area contributed by atoms with Gasteiger partial charge in [-0.1, -0.05) is 62.8 Å². The highest BCUT2D eigenvalue weighted by Crippen LogP contribution is 2.66. The number of benzene rings is 1. The molecule has 0 aliphatic heterocycles. The first-order chi connectivity index (χ1) is 15.3. The summed E-state index contributed by atoms with van der Waals surface area (Å²) in [6.45, 7) is 7.80. The number of aliphatic hydroxyl groups is 1. The number of amides is 1. The third-order valence-electron chi connectivity index (χ3n) is 10.5. The van der Waals surface area contributed by atoms with Crippen molar-refractivity contribution in [2.45, 2.75) is 84.8 Å². The molecule has 3 fully saturated rings. The summed E-state index contributed by atoms with van der Waals surface area (Å²) in [7, 11) is 0. The van der Waals surface area contributed by atoms with E-state index in [4.69, 9.17) is 0 Å². The molecule has 174 valence electrons. The van der Waals surface area contributed by atoms with Gasteiger partial charge in [-0.15, -0.1) is 0 Å². The van der Waals surface area contributed by atoms with E-state index in [2.05, 4.69) is 44.3 Å². The van der Waals surface area contributed by atoms with Crippen LogP contribution in [0.3, 0.4) is 0 Å². The van der Waals surface area contributed by atoms with Crippen LogP contribution in [0.4, 0.5) is 0 Å². The summed E-state index contributed by atoms with van der Waals surface area (Å²) in [6, 6.07) is 10.2.